The molecule has 0 radical (unpaired) electrons. The third-order valence-corrected chi connectivity index (χ3v) is 2.51. The van der Waals surface area contributed by atoms with E-state index in [1.807, 2.05) is 29.8 Å². The molecule has 0 saturated carbocycles. The number of pyridine rings is 1. The molecule has 4 heteroatoms. The minimum atomic E-state index is 0.113. The summed E-state index contributed by atoms with van der Waals surface area (Å²) in [6, 6.07) is 1.81. The molecule has 0 atom stereocenters. The maximum absolute atomic E-state index is 11.6. The van der Waals surface area contributed by atoms with Crippen molar-refractivity contribution in [3.05, 3.63) is 34.7 Å². The second kappa shape index (κ2) is 3.53. The van der Waals surface area contributed by atoms with Crippen molar-refractivity contribution in [3.8, 4) is 0 Å². The predicted octanol–water partition coefficient (Wildman–Crippen LogP) is 2.69. The van der Waals surface area contributed by atoms with E-state index in [9.17, 15) is 4.79 Å². The molecule has 14 heavy (non-hydrogen) atoms. The standard InChI is InChI=1S/C10H9BrN2O/c1-2-9(14)8-5-7(11)6-13-4-3-12-10(8)13/h3-6H,2H2,1H3. The molecule has 0 unspecified atom stereocenters. The molecule has 0 aliphatic rings. The van der Waals surface area contributed by atoms with E-state index in [0.29, 0.717) is 12.0 Å². The van der Waals surface area contributed by atoms with Gasteiger partial charge in [0.2, 0.25) is 0 Å². The zero-order valence-corrected chi connectivity index (χ0v) is 9.28. The van der Waals surface area contributed by atoms with E-state index in [0.717, 1.165) is 10.1 Å². The number of hydrogen-bond donors (Lipinski definition) is 0. The lowest BCUT2D eigenvalue weighted by molar-refractivity contribution is 0.0989. The summed E-state index contributed by atoms with van der Waals surface area (Å²) >= 11 is 3.36. The van der Waals surface area contributed by atoms with E-state index in [1.54, 1.807) is 6.20 Å². The Labute approximate surface area is 89.9 Å². The first-order chi connectivity index (χ1) is 6.72. The van der Waals surface area contributed by atoms with Crippen LogP contribution in [0.15, 0.2) is 29.1 Å². The number of nitrogens with zero attached hydrogens (tertiary/aromatic N) is 2. The number of rotatable bonds is 2. The average Bonchev–Trinajstić information content (AvgIpc) is 2.62. The van der Waals surface area contributed by atoms with E-state index < -0.39 is 0 Å². The Morgan fingerprint density at radius 2 is 2.43 bits per heavy atom. The molecule has 2 aromatic rings. The summed E-state index contributed by atoms with van der Waals surface area (Å²) in [6.45, 7) is 1.85. The molecule has 2 rings (SSSR count). The van der Waals surface area contributed by atoms with Gasteiger partial charge in [0, 0.05) is 29.5 Å². The summed E-state index contributed by atoms with van der Waals surface area (Å²) in [5, 5.41) is 0. The Kier molecular flexibility index (Phi) is 2.37. The highest BCUT2D eigenvalue weighted by molar-refractivity contribution is 9.10. The third kappa shape index (κ3) is 1.46. The highest BCUT2D eigenvalue weighted by atomic mass is 79.9. The van der Waals surface area contributed by atoms with Crippen LogP contribution in [0.2, 0.25) is 0 Å². The van der Waals surface area contributed by atoms with Crippen molar-refractivity contribution in [2.45, 2.75) is 13.3 Å². The van der Waals surface area contributed by atoms with E-state index in [4.69, 9.17) is 0 Å². The molecule has 2 heterocycles. The van der Waals surface area contributed by atoms with Gasteiger partial charge in [0.15, 0.2) is 5.78 Å². The molecule has 0 aliphatic heterocycles. The highest BCUT2D eigenvalue weighted by Gasteiger charge is 2.10. The number of imidazole rings is 1. The normalized spacial score (nSPS) is 10.7. The molecular formula is C10H9BrN2O. The lowest BCUT2D eigenvalue weighted by atomic mass is 10.1. The smallest absolute Gasteiger partial charge is 0.166 e. The fourth-order valence-electron chi connectivity index (χ4n) is 1.39. The Balaban J connectivity index is 2.72. The van der Waals surface area contributed by atoms with Crippen LogP contribution in [0, 0.1) is 0 Å². The number of aromatic nitrogens is 2. The molecule has 0 aromatic carbocycles. The van der Waals surface area contributed by atoms with Gasteiger partial charge in [0.05, 0.1) is 5.56 Å². The summed E-state index contributed by atoms with van der Waals surface area (Å²) < 4.78 is 2.73. The fraction of sp³-hybridized carbons (Fsp3) is 0.200. The van der Waals surface area contributed by atoms with E-state index in [-0.39, 0.29) is 5.78 Å². The van der Waals surface area contributed by atoms with Crippen LogP contribution in [-0.4, -0.2) is 15.2 Å². The number of hydrogen-bond acceptors (Lipinski definition) is 2. The Hall–Kier alpha value is -1.16. The van der Waals surface area contributed by atoms with Gasteiger partial charge < -0.3 is 4.40 Å². The van der Waals surface area contributed by atoms with Crippen LogP contribution in [0.5, 0.6) is 0 Å². The van der Waals surface area contributed by atoms with Crippen LogP contribution in [0.3, 0.4) is 0 Å². The van der Waals surface area contributed by atoms with E-state index in [1.165, 1.54) is 0 Å². The first-order valence-corrected chi connectivity index (χ1v) is 5.17. The van der Waals surface area contributed by atoms with Crippen LogP contribution in [0.1, 0.15) is 23.7 Å². The topological polar surface area (TPSA) is 34.4 Å². The summed E-state index contributed by atoms with van der Waals surface area (Å²) in [4.78, 5) is 15.8. The predicted molar refractivity (Wildman–Crippen MR) is 57.5 cm³/mol. The Bertz CT molecular complexity index is 490. The lowest BCUT2D eigenvalue weighted by Crippen LogP contribution is -2.00. The molecule has 0 saturated heterocycles. The van der Waals surface area contributed by atoms with Crippen LogP contribution in [0.4, 0.5) is 0 Å². The van der Waals surface area contributed by atoms with Gasteiger partial charge in [-0.05, 0) is 22.0 Å². The van der Waals surface area contributed by atoms with Crippen molar-refractivity contribution in [2.75, 3.05) is 0 Å². The molecule has 2 aromatic heterocycles. The van der Waals surface area contributed by atoms with Gasteiger partial charge in [-0.15, -0.1) is 0 Å². The first kappa shape index (κ1) is 9.40. The number of ketones is 1. The molecule has 0 amide bonds. The lowest BCUT2D eigenvalue weighted by Gasteiger charge is -2.02. The van der Waals surface area contributed by atoms with Crippen LogP contribution >= 0.6 is 15.9 Å². The Morgan fingerprint density at radius 3 is 3.14 bits per heavy atom. The molecule has 0 fully saturated rings. The Morgan fingerprint density at radius 1 is 1.64 bits per heavy atom. The first-order valence-electron chi connectivity index (χ1n) is 4.37. The highest BCUT2D eigenvalue weighted by Crippen LogP contribution is 2.17. The minimum absolute atomic E-state index is 0.113. The second-order valence-electron chi connectivity index (χ2n) is 3.01. The maximum atomic E-state index is 11.6. The van der Waals surface area contributed by atoms with Gasteiger partial charge >= 0.3 is 0 Å². The number of Topliss-reactive ketones (excluding diaryl/α,β-unsaturated/α-hetero) is 1. The summed E-state index contributed by atoms with van der Waals surface area (Å²) in [5.74, 6) is 0.113. The number of carbonyl (C=O) groups is 1. The molecule has 0 N–H and O–H groups in total. The quantitative estimate of drug-likeness (QED) is 0.771. The van der Waals surface area contributed by atoms with Gasteiger partial charge in [-0.25, -0.2) is 4.98 Å². The molecule has 72 valence electrons. The average molecular weight is 253 g/mol. The van der Waals surface area contributed by atoms with Gasteiger partial charge in [-0.1, -0.05) is 6.92 Å². The molecule has 0 spiro atoms. The SMILES string of the molecule is CCC(=O)c1cc(Br)cn2ccnc12. The largest absolute Gasteiger partial charge is 0.305 e. The fourth-order valence-corrected chi connectivity index (χ4v) is 1.84. The van der Waals surface area contributed by atoms with Gasteiger partial charge in [0.25, 0.3) is 0 Å². The number of halogens is 1. The van der Waals surface area contributed by atoms with Crippen LogP contribution in [-0.2, 0) is 0 Å². The summed E-state index contributed by atoms with van der Waals surface area (Å²) in [7, 11) is 0. The summed E-state index contributed by atoms with van der Waals surface area (Å²) in [5.41, 5.74) is 1.40. The number of fused-ring (bicyclic) bond motifs is 1. The van der Waals surface area contributed by atoms with E-state index in [2.05, 4.69) is 20.9 Å². The van der Waals surface area contributed by atoms with Gasteiger partial charge in [-0.3, -0.25) is 4.79 Å². The molecule has 0 bridgehead atoms. The van der Waals surface area contributed by atoms with Gasteiger partial charge in [-0.2, -0.15) is 0 Å². The van der Waals surface area contributed by atoms with Crippen molar-refractivity contribution in [2.24, 2.45) is 0 Å². The van der Waals surface area contributed by atoms with E-state index >= 15 is 0 Å². The zero-order valence-electron chi connectivity index (χ0n) is 7.70. The summed E-state index contributed by atoms with van der Waals surface area (Å²) in [6.07, 6.45) is 5.90. The zero-order chi connectivity index (χ0) is 10.1. The minimum Gasteiger partial charge on any atom is -0.305 e. The molecular weight excluding hydrogens is 244 g/mol. The number of carbonyl (C=O) groups excluding carboxylic acids is 1. The molecule has 0 aliphatic carbocycles. The van der Waals surface area contributed by atoms with Crippen molar-refractivity contribution < 1.29 is 4.79 Å². The van der Waals surface area contributed by atoms with Crippen molar-refractivity contribution in [1.29, 1.82) is 0 Å². The second-order valence-corrected chi connectivity index (χ2v) is 3.92. The molecule has 3 nitrogen and oxygen atoms in total. The van der Waals surface area contributed by atoms with Crippen molar-refractivity contribution in [3.63, 3.8) is 0 Å². The van der Waals surface area contributed by atoms with Crippen LogP contribution < -0.4 is 0 Å². The third-order valence-electron chi connectivity index (χ3n) is 2.08. The maximum Gasteiger partial charge on any atom is 0.166 e. The van der Waals surface area contributed by atoms with Crippen LogP contribution in [0.25, 0.3) is 5.65 Å². The van der Waals surface area contributed by atoms with Crippen molar-refractivity contribution >= 4 is 27.4 Å². The monoisotopic (exact) mass is 252 g/mol. The van der Waals surface area contributed by atoms with Gasteiger partial charge in [0.1, 0.15) is 5.65 Å². The van der Waals surface area contributed by atoms with Crippen molar-refractivity contribution in [1.82, 2.24) is 9.38 Å².